The predicted octanol–water partition coefficient (Wildman–Crippen LogP) is 4.89. The van der Waals surface area contributed by atoms with Gasteiger partial charge < -0.3 is 0 Å². The molecule has 0 amide bonds. The molecule has 0 saturated heterocycles. The molecule has 2 rings (SSSR count). The van der Waals surface area contributed by atoms with Gasteiger partial charge >= 0.3 is 0 Å². The Labute approximate surface area is 106 Å². The van der Waals surface area contributed by atoms with E-state index in [-0.39, 0.29) is 5.41 Å². The van der Waals surface area contributed by atoms with Gasteiger partial charge in [0.2, 0.25) is 0 Å². The highest BCUT2D eigenvalue weighted by Crippen LogP contribution is 2.52. The molecule has 0 aromatic rings. The molecule has 0 radical (unpaired) electrons. The molecule has 2 saturated carbocycles. The summed E-state index contributed by atoms with van der Waals surface area (Å²) in [4.78, 5) is 12.6. The maximum absolute atomic E-state index is 12.6. The van der Waals surface area contributed by atoms with Crippen LogP contribution < -0.4 is 0 Å². The summed E-state index contributed by atoms with van der Waals surface area (Å²) in [6, 6.07) is 0. The summed E-state index contributed by atoms with van der Waals surface area (Å²) in [5.41, 5.74) is 0.499. The molecular formula is C16H28O. The molecule has 0 heterocycles. The fourth-order valence-corrected chi connectivity index (χ4v) is 4.24. The summed E-state index contributed by atoms with van der Waals surface area (Å²) in [7, 11) is 0. The smallest absolute Gasteiger partial charge is 0.139 e. The highest BCUT2D eigenvalue weighted by Gasteiger charge is 2.47. The molecule has 0 N–H and O–H groups in total. The second kappa shape index (κ2) is 5.12. The van der Waals surface area contributed by atoms with Crippen LogP contribution in [0.25, 0.3) is 0 Å². The molecular weight excluding hydrogens is 208 g/mol. The lowest BCUT2D eigenvalue weighted by Crippen LogP contribution is -2.43. The number of ketones is 1. The molecule has 2 aliphatic carbocycles. The fraction of sp³-hybridized carbons (Fsp3) is 0.938. The van der Waals surface area contributed by atoms with Gasteiger partial charge in [-0.05, 0) is 37.5 Å². The van der Waals surface area contributed by atoms with Crippen molar-refractivity contribution in [1.29, 1.82) is 0 Å². The highest BCUT2D eigenvalue weighted by atomic mass is 16.1. The standard InChI is InChI=1S/C16H28O/c1-3-8-15(4-2)11-12-16(14(17)13-15)9-6-5-7-10-16/h3-13H2,1-2H3. The zero-order chi connectivity index (χ0) is 12.4. The minimum absolute atomic E-state index is 0.130. The minimum Gasteiger partial charge on any atom is -0.299 e. The first-order valence-corrected chi connectivity index (χ1v) is 7.70. The van der Waals surface area contributed by atoms with E-state index in [4.69, 9.17) is 0 Å². The third kappa shape index (κ3) is 2.44. The zero-order valence-electron chi connectivity index (χ0n) is 11.7. The molecule has 1 atom stereocenters. The first-order valence-electron chi connectivity index (χ1n) is 7.70. The molecule has 98 valence electrons. The average molecular weight is 236 g/mol. The number of hydrogen-bond donors (Lipinski definition) is 0. The van der Waals surface area contributed by atoms with Crippen molar-refractivity contribution in [3.8, 4) is 0 Å². The Morgan fingerprint density at radius 2 is 1.71 bits per heavy atom. The second-order valence-electron chi connectivity index (χ2n) is 6.54. The van der Waals surface area contributed by atoms with E-state index in [1.165, 1.54) is 64.2 Å². The van der Waals surface area contributed by atoms with Crippen LogP contribution in [0.5, 0.6) is 0 Å². The Morgan fingerprint density at radius 3 is 2.24 bits per heavy atom. The van der Waals surface area contributed by atoms with Crippen LogP contribution in [-0.2, 0) is 4.79 Å². The number of rotatable bonds is 3. The lowest BCUT2D eigenvalue weighted by Gasteiger charge is -2.47. The molecule has 17 heavy (non-hydrogen) atoms. The highest BCUT2D eigenvalue weighted by molar-refractivity contribution is 5.86. The van der Waals surface area contributed by atoms with Gasteiger partial charge in [0.05, 0.1) is 0 Å². The van der Waals surface area contributed by atoms with Gasteiger partial charge in [0.25, 0.3) is 0 Å². The van der Waals surface area contributed by atoms with E-state index in [1.807, 2.05) is 0 Å². The van der Waals surface area contributed by atoms with Crippen LogP contribution in [-0.4, -0.2) is 5.78 Å². The molecule has 0 aliphatic heterocycles. The van der Waals surface area contributed by atoms with Gasteiger partial charge in [0.15, 0.2) is 0 Å². The van der Waals surface area contributed by atoms with E-state index in [9.17, 15) is 4.79 Å². The summed E-state index contributed by atoms with van der Waals surface area (Å²) in [6.07, 6.45) is 13.4. The third-order valence-corrected chi connectivity index (χ3v) is 5.60. The second-order valence-corrected chi connectivity index (χ2v) is 6.54. The molecule has 0 aromatic carbocycles. The van der Waals surface area contributed by atoms with E-state index in [1.54, 1.807) is 0 Å². The summed E-state index contributed by atoms with van der Waals surface area (Å²) in [5.74, 6) is 0.624. The summed E-state index contributed by atoms with van der Waals surface area (Å²) >= 11 is 0. The Morgan fingerprint density at radius 1 is 1.00 bits per heavy atom. The Bertz CT molecular complexity index is 275. The zero-order valence-corrected chi connectivity index (χ0v) is 11.7. The van der Waals surface area contributed by atoms with Crippen LogP contribution in [0.4, 0.5) is 0 Å². The Balaban J connectivity index is 2.07. The van der Waals surface area contributed by atoms with Gasteiger partial charge in [-0.25, -0.2) is 0 Å². The first-order chi connectivity index (χ1) is 8.16. The number of hydrogen-bond acceptors (Lipinski definition) is 1. The third-order valence-electron chi connectivity index (χ3n) is 5.60. The van der Waals surface area contributed by atoms with E-state index in [2.05, 4.69) is 13.8 Å². The number of carbonyl (C=O) groups excluding carboxylic acids is 1. The number of carbonyl (C=O) groups is 1. The van der Waals surface area contributed by atoms with Crippen molar-refractivity contribution in [1.82, 2.24) is 0 Å². The monoisotopic (exact) mass is 236 g/mol. The van der Waals surface area contributed by atoms with E-state index in [0.29, 0.717) is 11.2 Å². The van der Waals surface area contributed by atoms with E-state index < -0.39 is 0 Å². The SMILES string of the molecule is CCCC1(CC)CCC2(CCCCC2)C(=O)C1. The molecule has 2 fully saturated rings. The minimum atomic E-state index is 0.130. The van der Waals surface area contributed by atoms with Crippen LogP contribution in [0.3, 0.4) is 0 Å². The quantitative estimate of drug-likeness (QED) is 0.682. The van der Waals surface area contributed by atoms with Crippen LogP contribution in [0.15, 0.2) is 0 Å². The van der Waals surface area contributed by atoms with Crippen molar-refractivity contribution in [2.24, 2.45) is 10.8 Å². The van der Waals surface area contributed by atoms with Crippen LogP contribution >= 0.6 is 0 Å². The van der Waals surface area contributed by atoms with Crippen LogP contribution in [0, 0.1) is 10.8 Å². The van der Waals surface area contributed by atoms with Crippen molar-refractivity contribution in [2.75, 3.05) is 0 Å². The van der Waals surface area contributed by atoms with E-state index >= 15 is 0 Å². The van der Waals surface area contributed by atoms with Gasteiger partial charge in [0.1, 0.15) is 5.78 Å². The van der Waals surface area contributed by atoms with Crippen molar-refractivity contribution in [2.45, 2.75) is 84.5 Å². The predicted molar refractivity (Wildman–Crippen MR) is 72.0 cm³/mol. The lowest BCUT2D eigenvalue weighted by molar-refractivity contribution is -0.139. The Hall–Kier alpha value is -0.330. The van der Waals surface area contributed by atoms with E-state index in [0.717, 1.165) is 6.42 Å². The molecule has 0 bridgehead atoms. The molecule has 1 heteroatoms. The van der Waals surface area contributed by atoms with Gasteiger partial charge in [-0.3, -0.25) is 4.79 Å². The van der Waals surface area contributed by atoms with Crippen LogP contribution in [0.1, 0.15) is 84.5 Å². The average Bonchev–Trinajstić information content (AvgIpc) is 2.36. The molecule has 1 unspecified atom stereocenters. The van der Waals surface area contributed by atoms with Crippen molar-refractivity contribution >= 4 is 5.78 Å². The summed E-state index contributed by atoms with van der Waals surface area (Å²) in [6.45, 7) is 4.54. The number of Topliss-reactive ketones (excluding diaryl/α,β-unsaturated/α-hetero) is 1. The van der Waals surface area contributed by atoms with Crippen LogP contribution in [0.2, 0.25) is 0 Å². The normalized spacial score (nSPS) is 32.9. The van der Waals surface area contributed by atoms with Crippen molar-refractivity contribution in [3.63, 3.8) is 0 Å². The van der Waals surface area contributed by atoms with Gasteiger partial charge in [-0.2, -0.15) is 0 Å². The topological polar surface area (TPSA) is 17.1 Å². The molecule has 1 nitrogen and oxygen atoms in total. The Kier molecular flexibility index (Phi) is 3.95. The molecule has 1 spiro atoms. The lowest BCUT2D eigenvalue weighted by atomic mass is 9.56. The van der Waals surface area contributed by atoms with Gasteiger partial charge in [-0.15, -0.1) is 0 Å². The van der Waals surface area contributed by atoms with Crippen molar-refractivity contribution < 1.29 is 4.79 Å². The summed E-state index contributed by atoms with van der Waals surface area (Å²) in [5, 5.41) is 0. The molecule has 2 aliphatic rings. The van der Waals surface area contributed by atoms with Gasteiger partial charge in [-0.1, -0.05) is 46.0 Å². The fourth-order valence-electron chi connectivity index (χ4n) is 4.24. The van der Waals surface area contributed by atoms with Gasteiger partial charge in [0, 0.05) is 11.8 Å². The maximum atomic E-state index is 12.6. The first kappa shape index (κ1) is 13.1. The molecule has 0 aromatic heterocycles. The summed E-state index contributed by atoms with van der Waals surface area (Å²) < 4.78 is 0. The largest absolute Gasteiger partial charge is 0.299 e. The van der Waals surface area contributed by atoms with Crippen molar-refractivity contribution in [3.05, 3.63) is 0 Å². The maximum Gasteiger partial charge on any atom is 0.139 e.